The van der Waals surface area contributed by atoms with Gasteiger partial charge in [0.05, 0.1) is 19.8 Å². The quantitative estimate of drug-likeness (QED) is 0.744. The van der Waals surface area contributed by atoms with Gasteiger partial charge in [-0.3, -0.25) is 0 Å². The van der Waals surface area contributed by atoms with Crippen molar-refractivity contribution in [3.63, 3.8) is 0 Å². The molecule has 5 nitrogen and oxygen atoms in total. The van der Waals surface area contributed by atoms with Gasteiger partial charge in [0, 0.05) is 6.07 Å². The van der Waals surface area contributed by atoms with Crippen LogP contribution in [0.15, 0.2) is 18.2 Å². The van der Waals surface area contributed by atoms with E-state index in [0.29, 0.717) is 11.5 Å². The zero-order valence-electron chi connectivity index (χ0n) is 9.89. The summed E-state index contributed by atoms with van der Waals surface area (Å²) >= 11 is 0. The topological polar surface area (TPSA) is 68.6 Å². The van der Waals surface area contributed by atoms with Crippen molar-refractivity contribution in [1.82, 2.24) is 0 Å². The van der Waals surface area contributed by atoms with E-state index in [4.69, 9.17) is 19.5 Å². The zero-order valence-corrected chi connectivity index (χ0v) is 9.89. The Balaban J connectivity index is 2.97. The number of nitriles is 1. The van der Waals surface area contributed by atoms with Crippen LogP contribution in [0.1, 0.15) is 17.3 Å². The van der Waals surface area contributed by atoms with Gasteiger partial charge in [0.15, 0.2) is 6.10 Å². The largest absolute Gasteiger partial charge is 0.497 e. The zero-order chi connectivity index (χ0) is 12.8. The van der Waals surface area contributed by atoms with E-state index in [1.165, 1.54) is 33.3 Å². The molecule has 0 aliphatic rings. The van der Waals surface area contributed by atoms with Crippen molar-refractivity contribution in [1.29, 1.82) is 5.26 Å². The molecule has 1 rings (SSSR count). The fourth-order valence-corrected chi connectivity index (χ4v) is 1.18. The lowest BCUT2D eigenvalue weighted by molar-refractivity contribution is 0.0434. The number of hydrogen-bond acceptors (Lipinski definition) is 5. The van der Waals surface area contributed by atoms with Crippen molar-refractivity contribution in [2.75, 3.05) is 14.2 Å². The molecule has 90 valence electrons. The van der Waals surface area contributed by atoms with E-state index in [2.05, 4.69) is 0 Å². The highest BCUT2D eigenvalue weighted by Crippen LogP contribution is 2.23. The third-order valence-corrected chi connectivity index (χ3v) is 2.05. The molecule has 0 aromatic heterocycles. The number of methoxy groups -OCH3 is 2. The summed E-state index contributed by atoms with van der Waals surface area (Å²) in [5.74, 6) is 0.387. The number of hydrogen-bond donors (Lipinski definition) is 0. The molecule has 0 saturated heterocycles. The molecular weight excluding hydrogens is 222 g/mol. The molecule has 0 fully saturated rings. The molecular formula is C12H13NO4. The van der Waals surface area contributed by atoms with E-state index >= 15 is 0 Å². The molecule has 0 unspecified atom stereocenters. The lowest BCUT2D eigenvalue weighted by Gasteiger charge is -2.09. The molecule has 1 atom stereocenters. The highest BCUT2D eigenvalue weighted by atomic mass is 16.5. The first kappa shape index (κ1) is 12.8. The molecule has 5 heteroatoms. The minimum Gasteiger partial charge on any atom is -0.497 e. The molecule has 1 aromatic rings. The summed E-state index contributed by atoms with van der Waals surface area (Å²) < 4.78 is 14.9. The normalized spacial score (nSPS) is 11.2. The van der Waals surface area contributed by atoms with E-state index in [9.17, 15) is 4.79 Å². The summed E-state index contributed by atoms with van der Waals surface area (Å²) in [5, 5.41) is 8.56. The summed E-state index contributed by atoms with van der Waals surface area (Å²) in [5.41, 5.74) is 0.281. The minimum absolute atomic E-state index is 0.281. The summed E-state index contributed by atoms with van der Waals surface area (Å²) in [6.45, 7) is 1.50. The lowest BCUT2D eigenvalue weighted by Crippen LogP contribution is -2.13. The van der Waals surface area contributed by atoms with Gasteiger partial charge >= 0.3 is 5.97 Å². The van der Waals surface area contributed by atoms with Gasteiger partial charge in [-0.1, -0.05) is 0 Å². The Labute approximate surface area is 99.5 Å². The fourth-order valence-electron chi connectivity index (χ4n) is 1.18. The Kier molecular flexibility index (Phi) is 4.35. The van der Waals surface area contributed by atoms with E-state index in [1.807, 2.05) is 6.07 Å². The van der Waals surface area contributed by atoms with Gasteiger partial charge in [-0.2, -0.15) is 5.26 Å². The minimum atomic E-state index is -0.792. The Morgan fingerprint density at radius 2 is 1.76 bits per heavy atom. The van der Waals surface area contributed by atoms with Crippen molar-refractivity contribution in [2.45, 2.75) is 13.0 Å². The van der Waals surface area contributed by atoms with Crippen molar-refractivity contribution in [3.8, 4) is 17.6 Å². The van der Waals surface area contributed by atoms with Gasteiger partial charge in [-0.25, -0.2) is 4.79 Å². The summed E-state index contributed by atoms with van der Waals surface area (Å²) in [6.07, 6.45) is -0.792. The highest BCUT2D eigenvalue weighted by Gasteiger charge is 2.13. The van der Waals surface area contributed by atoms with Crippen molar-refractivity contribution in [3.05, 3.63) is 23.8 Å². The third-order valence-electron chi connectivity index (χ3n) is 2.05. The maximum absolute atomic E-state index is 11.7. The van der Waals surface area contributed by atoms with Crippen molar-refractivity contribution >= 4 is 5.97 Å². The summed E-state index contributed by atoms with van der Waals surface area (Å²) in [6, 6.07) is 6.51. The van der Waals surface area contributed by atoms with Crippen LogP contribution in [0, 0.1) is 11.3 Å². The highest BCUT2D eigenvalue weighted by molar-refractivity contribution is 5.90. The van der Waals surface area contributed by atoms with Crippen molar-refractivity contribution in [2.24, 2.45) is 0 Å². The first-order chi connectivity index (χ1) is 8.10. The molecule has 0 spiro atoms. The first-order valence-electron chi connectivity index (χ1n) is 4.94. The second kappa shape index (κ2) is 5.75. The number of benzene rings is 1. The number of ether oxygens (including phenoxy) is 3. The standard InChI is InChI=1S/C12H13NO4/c1-8(7-13)17-12(14)9-4-10(15-2)6-11(5-9)16-3/h4-6,8H,1-3H3/t8-/m1/s1. The van der Waals surface area contributed by atoms with Gasteiger partial charge in [-0.15, -0.1) is 0 Å². The van der Waals surface area contributed by atoms with Gasteiger partial charge in [0.1, 0.15) is 17.6 Å². The number of carbonyl (C=O) groups is 1. The van der Waals surface area contributed by atoms with Crippen molar-refractivity contribution < 1.29 is 19.0 Å². The Bertz CT molecular complexity index is 428. The smallest absolute Gasteiger partial charge is 0.339 e. The van der Waals surface area contributed by atoms with E-state index in [1.54, 1.807) is 6.07 Å². The average Bonchev–Trinajstić information content (AvgIpc) is 2.37. The van der Waals surface area contributed by atoms with Gasteiger partial charge in [0.2, 0.25) is 0 Å². The number of esters is 1. The van der Waals surface area contributed by atoms with Crippen LogP contribution >= 0.6 is 0 Å². The van der Waals surface area contributed by atoms with E-state index in [-0.39, 0.29) is 5.56 Å². The van der Waals surface area contributed by atoms with Gasteiger partial charge in [0.25, 0.3) is 0 Å². The molecule has 0 saturated carbocycles. The first-order valence-corrected chi connectivity index (χ1v) is 4.94. The van der Waals surface area contributed by atoms with Crippen LogP contribution in [-0.4, -0.2) is 26.3 Å². The van der Waals surface area contributed by atoms with Crippen LogP contribution in [0.3, 0.4) is 0 Å². The van der Waals surface area contributed by atoms with Crippen LogP contribution in [0.2, 0.25) is 0 Å². The predicted octanol–water partition coefficient (Wildman–Crippen LogP) is 1.77. The van der Waals surface area contributed by atoms with Crippen LogP contribution < -0.4 is 9.47 Å². The Hall–Kier alpha value is -2.22. The van der Waals surface area contributed by atoms with Crippen LogP contribution in [-0.2, 0) is 4.74 Å². The molecule has 17 heavy (non-hydrogen) atoms. The predicted molar refractivity (Wildman–Crippen MR) is 60.0 cm³/mol. The number of rotatable bonds is 4. The molecule has 0 amide bonds. The average molecular weight is 235 g/mol. The summed E-state index contributed by atoms with van der Waals surface area (Å²) in [7, 11) is 2.98. The number of nitrogens with zero attached hydrogens (tertiary/aromatic N) is 1. The lowest BCUT2D eigenvalue weighted by atomic mass is 10.2. The molecule has 0 bridgehead atoms. The van der Waals surface area contributed by atoms with Gasteiger partial charge < -0.3 is 14.2 Å². The molecule has 0 aliphatic heterocycles. The van der Waals surface area contributed by atoms with Crippen LogP contribution in [0.4, 0.5) is 0 Å². The number of carbonyl (C=O) groups excluding carboxylic acids is 1. The van der Waals surface area contributed by atoms with Crippen LogP contribution in [0.25, 0.3) is 0 Å². The SMILES string of the molecule is COc1cc(OC)cc(C(=O)O[C@H](C)C#N)c1. The van der Waals surface area contributed by atoms with E-state index < -0.39 is 12.1 Å². The molecule has 0 heterocycles. The fraction of sp³-hybridized carbons (Fsp3) is 0.333. The Morgan fingerprint density at radius 3 is 2.18 bits per heavy atom. The molecule has 0 radical (unpaired) electrons. The second-order valence-electron chi connectivity index (χ2n) is 3.28. The maximum atomic E-state index is 11.7. The maximum Gasteiger partial charge on any atom is 0.339 e. The second-order valence-corrected chi connectivity index (χ2v) is 3.28. The third kappa shape index (κ3) is 3.38. The Morgan fingerprint density at radius 1 is 1.24 bits per heavy atom. The molecule has 1 aromatic carbocycles. The van der Waals surface area contributed by atoms with E-state index in [0.717, 1.165) is 0 Å². The summed E-state index contributed by atoms with van der Waals surface area (Å²) in [4.78, 5) is 11.7. The monoisotopic (exact) mass is 235 g/mol. The molecule has 0 N–H and O–H groups in total. The van der Waals surface area contributed by atoms with Crippen LogP contribution in [0.5, 0.6) is 11.5 Å². The molecule has 0 aliphatic carbocycles. The van der Waals surface area contributed by atoms with Gasteiger partial charge in [-0.05, 0) is 19.1 Å².